The van der Waals surface area contributed by atoms with E-state index in [0.29, 0.717) is 10.8 Å². The van der Waals surface area contributed by atoms with Crippen LogP contribution in [0.5, 0.6) is 0 Å². The van der Waals surface area contributed by atoms with E-state index in [4.69, 9.17) is 0 Å². The van der Waals surface area contributed by atoms with Crippen LogP contribution in [-0.2, 0) is 12.8 Å². The van der Waals surface area contributed by atoms with Crippen molar-refractivity contribution in [1.29, 1.82) is 0 Å². The average Bonchev–Trinajstić information content (AvgIpc) is 3.41. The molecule has 6 rings (SSSR count). The smallest absolute Gasteiger partial charge is 0.253 e. The number of aromatic amines is 2. The van der Waals surface area contributed by atoms with Crippen molar-refractivity contribution < 1.29 is 4.79 Å². The first-order valence-corrected chi connectivity index (χ1v) is 11.1. The number of nitrogens with one attached hydrogen (secondary N) is 3. The van der Waals surface area contributed by atoms with Crippen molar-refractivity contribution in [1.82, 2.24) is 25.4 Å². The fraction of sp³-hybridized carbons (Fsp3) is 0.500. The number of H-pyrrole nitrogens is 2. The number of nitrogens with zero attached hydrogens (tertiary/aromatic N) is 2. The largest absolute Gasteiger partial charge is 0.353 e. The third-order valence-corrected chi connectivity index (χ3v) is 7.46. The van der Waals surface area contributed by atoms with Crippen molar-refractivity contribution in [2.24, 2.45) is 10.8 Å². The van der Waals surface area contributed by atoms with Crippen molar-refractivity contribution in [3.05, 3.63) is 41.1 Å². The summed E-state index contributed by atoms with van der Waals surface area (Å²) in [5.41, 5.74) is 7.10. The highest BCUT2D eigenvalue weighted by atomic mass is 16.2. The lowest BCUT2D eigenvalue weighted by Crippen LogP contribution is -2.59. The van der Waals surface area contributed by atoms with Gasteiger partial charge in [-0.25, -0.2) is 0 Å². The van der Waals surface area contributed by atoms with Gasteiger partial charge in [0.25, 0.3) is 5.91 Å². The lowest BCUT2D eigenvalue weighted by atomic mass is 9.76. The van der Waals surface area contributed by atoms with E-state index in [9.17, 15) is 4.79 Å². The minimum absolute atomic E-state index is 0.143. The third kappa shape index (κ3) is 2.81. The second-order valence-electron chi connectivity index (χ2n) is 10.4. The number of rotatable bonds is 2. The zero-order valence-electron chi connectivity index (χ0n) is 17.8. The average molecular weight is 404 g/mol. The predicted molar refractivity (Wildman–Crippen MR) is 118 cm³/mol. The molecule has 1 aliphatic carbocycles. The highest BCUT2D eigenvalue weighted by Crippen LogP contribution is 2.39. The lowest BCUT2D eigenvalue weighted by molar-refractivity contribution is 0.0159. The van der Waals surface area contributed by atoms with Gasteiger partial charge in [0.1, 0.15) is 5.69 Å². The van der Waals surface area contributed by atoms with Crippen molar-refractivity contribution in [2.45, 2.75) is 39.5 Å². The van der Waals surface area contributed by atoms with Gasteiger partial charge in [0, 0.05) is 52.8 Å². The molecule has 0 radical (unpaired) electrons. The number of amides is 1. The molecular formula is C24H29N5O. The van der Waals surface area contributed by atoms with Gasteiger partial charge in [-0.2, -0.15) is 5.10 Å². The summed E-state index contributed by atoms with van der Waals surface area (Å²) in [6, 6.07) is 8.17. The third-order valence-electron chi connectivity index (χ3n) is 7.46. The molecule has 1 amide bonds. The van der Waals surface area contributed by atoms with E-state index < -0.39 is 0 Å². The molecule has 0 atom stereocenters. The Labute approximate surface area is 176 Å². The van der Waals surface area contributed by atoms with Gasteiger partial charge >= 0.3 is 0 Å². The molecule has 3 aromatic rings. The summed E-state index contributed by atoms with van der Waals surface area (Å²) in [5.74, 6) is 0.143. The van der Waals surface area contributed by atoms with E-state index in [0.717, 1.165) is 66.9 Å². The maximum Gasteiger partial charge on any atom is 0.253 e. The van der Waals surface area contributed by atoms with Gasteiger partial charge in [0.2, 0.25) is 0 Å². The summed E-state index contributed by atoms with van der Waals surface area (Å²) in [6.07, 6.45) is 4.46. The molecule has 6 nitrogen and oxygen atoms in total. The number of aromatic nitrogens is 3. The first kappa shape index (κ1) is 18.2. The first-order chi connectivity index (χ1) is 14.4. The maximum absolute atomic E-state index is 13.0. The zero-order valence-corrected chi connectivity index (χ0v) is 17.8. The molecule has 156 valence electrons. The second-order valence-corrected chi connectivity index (χ2v) is 10.4. The quantitative estimate of drug-likeness (QED) is 0.613. The fourth-order valence-electron chi connectivity index (χ4n) is 5.61. The van der Waals surface area contributed by atoms with E-state index in [1.54, 1.807) is 0 Å². The summed E-state index contributed by atoms with van der Waals surface area (Å²) in [7, 11) is 0. The molecule has 1 spiro atoms. The molecule has 3 aliphatic rings. The minimum Gasteiger partial charge on any atom is -0.353 e. The van der Waals surface area contributed by atoms with Crippen LogP contribution in [0, 0.1) is 10.8 Å². The first-order valence-electron chi connectivity index (χ1n) is 11.1. The van der Waals surface area contributed by atoms with Crippen LogP contribution in [-0.4, -0.2) is 52.2 Å². The molecule has 0 saturated carbocycles. The SMILES string of the molecule is CC1(C)CCc2c(-c3cc4ccc(C(=O)N5CC6(CCNC6)C5)cc4[nH]3)n[nH]c2C1. The number of carbonyl (C=O) groups is 1. The molecule has 0 bridgehead atoms. The Morgan fingerprint density at radius 3 is 2.83 bits per heavy atom. The van der Waals surface area contributed by atoms with Gasteiger partial charge < -0.3 is 15.2 Å². The van der Waals surface area contributed by atoms with E-state index in [1.165, 1.54) is 24.1 Å². The molecular weight excluding hydrogens is 374 g/mol. The fourth-order valence-corrected chi connectivity index (χ4v) is 5.61. The molecule has 4 heterocycles. The van der Waals surface area contributed by atoms with Crippen LogP contribution in [0.3, 0.4) is 0 Å². The topological polar surface area (TPSA) is 76.8 Å². The standard InChI is InChI=1S/C24H29N5O/c1-23(2)6-5-17-20(11-23)27-28-21(17)19-9-15-3-4-16(10-18(15)26-19)22(30)29-13-24(14-29)7-8-25-12-24/h3-4,9-10,25-26H,5-8,11-14H2,1-2H3,(H,27,28). The Hall–Kier alpha value is -2.60. The molecule has 30 heavy (non-hydrogen) atoms. The van der Waals surface area contributed by atoms with Crippen molar-refractivity contribution >= 4 is 16.8 Å². The number of likely N-dealkylation sites (tertiary alicyclic amines) is 1. The van der Waals surface area contributed by atoms with Crippen molar-refractivity contribution in [2.75, 3.05) is 26.2 Å². The number of carbonyl (C=O) groups excluding carboxylic acids is 1. The van der Waals surface area contributed by atoms with E-state index in [2.05, 4.69) is 46.5 Å². The Morgan fingerprint density at radius 1 is 1.17 bits per heavy atom. The van der Waals surface area contributed by atoms with Gasteiger partial charge in [-0.05, 0) is 55.8 Å². The van der Waals surface area contributed by atoms with E-state index >= 15 is 0 Å². The van der Waals surface area contributed by atoms with Gasteiger partial charge in [-0.15, -0.1) is 0 Å². The van der Waals surface area contributed by atoms with Crippen molar-refractivity contribution in [3.63, 3.8) is 0 Å². The highest BCUT2D eigenvalue weighted by molar-refractivity contribution is 5.99. The summed E-state index contributed by atoms with van der Waals surface area (Å²) in [6.45, 7) is 8.52. The van der Waals surface area contributed by atoms with Crippen LogP contribution in [0.25, 0.3) is 22.3 Å². The monoisotopic (exact) mass is 403 g/mol. The molecule has 6 heteroatoms. The van der Waals surface area contributed by atoms with Crippen molar-refractivity contribution in [3.8, 4) is 11.4 Å². The molecule has 2 aliphatic heterocycles. The summed E-state index contributed by atoms with van der Waals surface area (Å²) in [4.78, 5) is 18.5. The molecule has 1 aromatic carbocycles. The Kier molecular flexibility index (Phi) is 3.76. The normalized spacial score (nSPS) is 21.7. The summed E-state index contributed by atoms with van der Waals surface area (Å²) in [5, 5.41) is 12.5. The summed E-state index contributed by atoms with van der Waals surface area (Å²) >= 11 is 0. The Bertz CT molecular complexity index is 1140. The second kappa shape index (κ2) is 6.20. The van der Waals surface area contributed by atoms with Crippen LogP contribution in [0.15, 0.2) is 24.3 Å². The predicted octanol–water partition coefficient (Wildman–Crippen LogP) is 3.51. The Morgan fingerprint density at radius 2 is 2.03 bits per heavy atom. The van der Waals surface area contributed by atoms with E-state index in [1.807, 2.05) is 17.0 Å². The molecule has 2 saturated heterocycles. The van der Waals surface area contributed by atoms with Crippen LogP contribution < -0.4 is 5.32 Å². The summed E-state index contributed by atoms with van der Waals surface area (Å²) < 4.78 is 0. The number of hydrogen-bond acceptors (Lipinski definition) is 3. The van der Waals surface area contributed by atoms with Crippen LogP contribution >= 0.6 is 0 Å². The number of benzene rings is 1. The minimum atomic E-state index is 0.143. The molecule has 3 N–H and O–H groups in total. The van der Waals surface area contributed by atoms with Gasteiger partial charge in [0.15, 0.2) is 0 Å². The molecule has 0 unspecified atom stereocenters. The lowest BCUT2D eigenvalue weighted by Gasteiger charge is -2.47. The van der Waals surface area contributed by atoms with Gasteiger partial charge in [-0.3, -0.25) is 9.89 Å². The highest BCUT2D eigenvalue weighted by Gasteiger charge is 2.46. The van der Waals surface area contributed by atoms with Gasteiger partial charge in [0.05, 0.1) is 5.69 Å². The zero-order chi connectivity index (χ0) is 20.5. The maximum atomic E-state index is 13.0. The molecule has 2 aromatic heterocycles. The number of hydrogen-bond donors (Lipinski definition) is 3. The van der Waals surface area contributed by atoms with Gasteiger partial charge in [-0.1, -0.05) is 19.9 Å². The van der Waals surface area contributed by atoms with Crippen LogP contribution in [0.2, 0.25) is 0 Å². The van der Waals surface area contributed by atoms with Crippen LogP contribution in [0.4, 0.5) is 0 Å². The number of fused-ring (bicyclic) bond motifs is 2. The molecule has 2 fully saturated rings. The van der Waals surface area contributed by atoms with Crippen LogP contribution in [0.1, 0.15) is 48.3 Å². The van der Waals surface area contributed by atoms with E-state index in [-0.39, 0.29) is 5.91 Å². The Balaban J connectivity index is 1.26.